The minimum atomic E-state index is -0.773. The standard InChI is InChI=1S/C34H40N2O4/c1-39-34-16-15-32(20-26(34)35-28(38)10-6-5-9-22-7-3-2-4-8-22)27-19-24-13-14-25(37)30-29(24)33(32,31(34)40-30)17-18-36(27)21-23-11-12-23/h2-4,7-8,13-16,23,26-27,31,37H,5-6,9-12,17-21H2,1H3,(H,35,38)/t26?,27-,31?,32-,33+,34-/m1/s1. The smallest absolute Gasteiger partial charge is 0.220 e. The Hall–Kier alpha value is -2.83. The Balaban J connectivity index is 1.11. The number of unbranched alkanes of at least 4 members (excludes halogenated alkanes) is 1. The molecule has 0 radical (unpaired) electrons. The van der Waals surface area contributed by atoms with Crippen LogP contribution < -0.4 is 10.1 Å². The molecule has 6 atom stereocenters. The highest BCUT2D eigenvalue weighted by Crippen LogP contribution is 2.73. The number of benzene rings is 2. The predicted molar refractivity (Wildman–Crippen MR) is 152 cm³/mol. The van der Waals surface area contributed by atoms with E-state index in [9.17, 15) is 9.90 Å². The zero-order valence-corrected chi connectivity index (χ0v) is 23.4. The highest BCUT2D eigenvalue weighted by Gasteiger charge is 2.79. The molecule has 1 amide bonds. The molecule has 3 fully saturated rings. The van der Waals surface area contributed by atoms with E-state index in [1.54, 1.807) is 7.11 Å². The first-order valence-corrected chi connectivity index (χ1v) is 15.4. The van der Waals surface area contributed by atoms with Crippen LogP contribution in [0.1, 0.15) is 61.6 Å². The molecule has 2 N–H and O–H groups in total. The summed E-state index contributed by atoms with van der Waals surface area (Å²) >= 11 is 0. The largest absolute Gasteiger partial charge is 0.504 e. The fourth-order valence-electron chi connectivity index (χ4n) is 9.47. The van der Waals surface area contributed by atoms with Gasteiger partial charge in [-0.25, -0.2) is 0 Å². The van der Waals surface area contributed by atoms with Crippen molar-refractivity contribution in [3.05, 3.63) is 71.3 Å². The third kappa shape index (κ3) is 3.26. The molecule has 6 nitrogen and oxygen atoms in total. The lowest BCUT2D eigenvalue weighted by atomic mass is 9.38. The third-order valence-corrected chi connectivity index (χ3v) is 11.4. The lowest BCUT2D eigenvalue weighted by Crippen LogP contribution is -2.82. The fourth-order valence-corrected chi connectivity index (χ4v) is 9.47. The number of fused-ring (bicyclic) bond motifs is 1. The van der Waals surface area contributed by atoms with E-state index in [-0.39, 0.29) is 34.6 Å². The average molecular weight is 541 g/mol. The Bertz CT molecular complexity index is 1370. The van der Waals surface area contributed by atoms with E-state index < -0.39 is 5.60 Å². The number of amides is 1. The van der Waals surface area contributed by atoms with Crippen molar-refractivity contribution in [1.82, 2.24) is 10.2 Å². The van der Waals surface area contributed by atoms with Crippen LogP contribution in [0.5, 0.6) is 11.5 Å². The molecule has 2 aromatic rings. The van der Waals surface area contributed by atoms with Gasteiger partial charge in [0.25, 0.3) is 0 Å². The zero-order chi connectivity index (χ0) is 27.1. The number of nitrogens with one attached hydrogen (secondary N) is 1. The monoisotopic (exact) mass is 540 g/mol. The molecule has 210 valence electrons. The summed E-state index contributed by atoms with van der Waals surface area (Å²) in [5.41, 5.74) is 2.67. The minimum Gasteiger partial charge on any atom is -0.504 e. The summed E-state index contributed by atoms with van der Waals surface area (Å²) in [4.78, 5) is 16.2. The normalized spacial score (nSPS) is 36.3. The number of piperidine rings is 1. The van der Waals surface area contributed by atoms with Gasteiger partial charge in [0.1, 0.15) is 11.7 Å². The van der Waals surface area contributed by atoms with Crippen molar-refractivity contribution in [3.63, 3.8) is 0 Å². The van der Waals surface area contributed by atoms with Crippen LogP contribution in [0.4, 0.5) is 0 Å². The Kier molecular flexibility index (Phi) is 5.50. The summed E-state index contributed by atoms with van der Waals surface area (Å²) in [5.74, 6) is 1.79. The Labute approximate surface area is 236 Å². The number of aromatic hydroxyl groups is 1. The van der Waals surface area contributed by atoms with Gasteiger partial charge in [-0.1, -0.05) is 48.6 Å². The number of ether oxygens (including phenoxy) is 2. The van der Waals surface area contributed by atoms with Gasteiger partial charge in [0, 0.05) is 37.1 Å². The predicted octanol–water partition coefficient (Wildman–Crippen LogP) is 4.67. The number of hydrogen-bond acceptors (Lipinski definition) is 5. The van der Waals surface area contributed by atoms with E-state index in [4.69, 9.17) is 9.47 Å². The van der Waals surface area contributed by atoms with Crippen LogP contribution in [0.25, 0.3) is 0 Å². The van der Waals surface area contributed by atoms with Crippen molar-refractivity contribution in [2.24, 2.45) is 11.3 Å². The van der Waals surface area contributed by atoms with Crippen LogP contribution in [0, 0.1) is 11.3 Å². The summed E-state index contributed by atoms with van der Waals surface area (Å²) in [6.45, 7) is 2.21. The molecule has 40 heavy (non-hydrogen) atoms. The molecule has 2 spiro atoms. The average Bonchev–Trinajstić information content (AvgIpc) is 3.71. The number of hydrogen-bond donors (Lipinski definition) is 2. The van der Waals surface area contributed by atoms with E-state index in [1.807, 2.05) is 12.1 Å². The molecule has 6 heteroatoms. The van der Waals surface area contributed by atoms with Crippen molar-refractivity contribution in [2.75, 3.05) is 20.2 Å². The molecule has 4 bridgehead atoms. The summed E-state index contributed by atoms with van der Waals surface area (Å²) in [5, 5.41) is 14.4. The molecule has 1 saturated heterocycles. The van der Waals surface area contributed by atoms with Crippen molar-refractivity contribution in [3.8, 4) is 11.5 Å². The Morgan fingerprint density at radius 3 is 2.80 bits per heavy atom. The number of carbonyl (C=O) groups is 1. The number of nitrogens with zero attached hydrogens (tertiary/aromatic N) is 1. The number of methoxy groups -OCH3 is 1. The maximum absolute atomic E-state index is 13.4. The van der Waals surface area contributed by atoms with Gasteiger partial charge in [-0.05, 0) is 81.0 Å². The van der Waals surface area contributed by atoms with Crippen molar-refractivity contribution in [2.45, 2.75) is 87.0 Å². The van der Waals surface area contributed by atoms with Gasteiger partial charge < -0.3 is 19.9 Å². The molecule has 2 saturated carbocycles. The lowest BCUT2D eigenvalue weighted by Gasteiger charge is -2.71. The summed E-state index contributed by atoms with van der Waals surface area (Å²) in [6.07, 6.45) is 13.2. The van der Waals surface area contributed by atoms with Crippen molar-refractivity contribution < 1.29 is 19.4 Å². The van der Waals surface area contributed by atoms with Crippen molar-refractivity contribution in [1.29, 1.82) is 0 Å². The highest BCUT2D eigenvalue weighted by molar-refractivity contribution is 5.77. The van der Waals surface area contributed by atoms with Crippen LogP contribution in [-0.4, -0.2) is 59.9 Å². The fraction of sp³-hybridized carbons (Fsp3) is 0.559. The molecule has 2 unspecified atom stereocenters. The SMILES string of the molecule is CO[C@]12C=C[C@@]3(CC1NC(=O)CCCCc1ccccc1)[C@H]1Cc4ccc(O)c5c4[C@@]3(CCN1CC1CC1)C2O5. The van der Waals surface area contributed by atoms with Gasteiger partial charge in [0.2, 0.25) is 5.91 Å². The Morgan fingerprint density at radius 2 is 2.00 bits per heavy atom. The summed E-state index contributed by atoms with van der Waals surface area (Å²) in [7, 11) is 1.76. The lowest BCUT2D eigenvalue weighted by molar-refractivity contribution is -0.203. The molecule has 5 aliphatic carbocycles. The molecule has 2 heterocycles. The van der Waals surface area contributed by atoms with Crippen LogP contribution >= 0.6 is 0 Å². The number of likely N-dealkylation sites (tertiary alicyclic amines) is 1. The number of carbonyl (C=O) groups excluding carboxylic acids is 1. The first-order chi connectivity index (χ1) is 19.5. The third-order valence-electron chi connectivity index (χ3n) is 11.4. The molecule has 2 aliphatic heterocycles. The maximum Gasteiger partial charge on any atom is 0.220 e. The molecule has 9 rings (SSSR count). The van der Waals surface area contributed by atoms with Crippen LogP contribution in [0.2, 0.25) is 0 Å². The van der Waals surface area contributed by atoms with Gasteiger partial charge >= 0.3 is 0 Å². The quantitative estimate of drug-likeness (QED) is 0.357. The first kappa shape index (κ1) is 24.9. The van der Waals surface area contributed by atoms with Gasteiger partial charge in [-0.3, -0.25) is 9.69 Å². The number of phenolic OH excluding ortho intramolecular Hbond substituents is 1. The van der Waals surface area contributed by atoms with Gasteiger partial charge in [0.05, 0.1) is 11.5 Å². The molecule has 2 aromatic carbocycles. The second kappa shape index (κ2) is 8.83. The molecular weight excluding hydrogens is 500 g/mol. The summed E-state index contributed by atoms with van der Waals surface area (Å²) in [6, 6.07) is 14.6. The highest BCUT2D eigenvalue weighted by atomic mass is 16.6. The van der Waals surface area contributed by atoms with E-state index in [0.717, 1.165) is 57.5 Å². The van der Waals surface area contributed by atoms with Crippen LogP contribution in [-0.2, 0) is 27.8 Å². The van der Waals surface area contributed by atoms with Crippen molar-refractivity contribution >= 4 is 5.91 Å². The minimum absolute atomic E-state index is 0.0933. The number of aryl methyl sites for hydroxylation is 1. The van der Waals surface area contributed by atoms with E-state index in [1.165, 1.54) is 29.5 Å². The Morgan fingerprint density at radius 1 is 1.15 bits per heavy atom. The van der Waals surface area contributed by atoms with Gasteiger partial charge in [0.15, 0.2) is 11.5 Å². The molecular formula is C34H40N2O4. The van der Waals surface area contributed by atoms with Gasteiger partial charge in [-0.2, -0.15) is 0 Å². The van der Waals surface area contributed by atoms with E-state index >= 15 is 0 Å². The first-order valence-electron chi connectivity index (χ1n) is 15.4. The second-order valence-electron chi connectivity index (χ2n) is 13.3. The molecule has 7 aliphatic rings. The maximum atomic E-state index is 13.4. The van der Waals surface area contributed by atoms with E-state index in [0.29, 0.717) is 18.2 Å². The topological polar surface area (TPSA) is 71.0 Å². The van der Waals surface area contributed by atoms with E-state index in [2.05, 4.69) is 52.7 Å². The summed E-state index contributed by atoms with van der Waals surface area (Å²) < 4.78 is 13.2. The van der Waals surface area contributed by atoms with Gasteiger partial charge in [-0.15, -0.1) is 0 Å². The zero-order valence-electron chi connectivity index (χ0n) is 23.4. The van der Waals surface area contributed by atoms with Crippen LogP contribution in [0.15, 0.2) is 54.6 Å². The number of rotatable bonds is 9. The van der Waals surface area contributed by atoms with Crippen LogP contribution in [0.3, 0.4) is 0 Å². The number of phenols is 1. The molecule has 0 aromatic heterocycles. The second-order valence-corrected chi connectivity index (χ2v) is 13.3.